The smallest absolute Gasteiger partial charge is 0.0629 e. The lowest BCUT2D eigenvalue weighted by Crippen LogP contribution is -2.28. The lowest BCUT2D eigenvalue weighted by molar-refractivity contribution is 0.745. The molecule has 3 heteroatoms. The average Bonchev–Trinajstić information content (AvgIpc) is 3.45. The molecular formula is C42H33N3. The molecule has 0 saturated carbocycles. The maximum atomic E-state index is 2.48. The Labute approximate surface area is 265 Å². The van der Waals surface area contributed by atoms with E-state index in [4.69, 9.17) is 0 Å². The van der Waals surface area contributed by atoms with E-state index < -0.39 is 0 Å². The summed E-state index contributed by atoms with van der Waals surface area (Å²) in [6.45, 7) is 0. The van der Waals surface area contributed by atoms with Gasteiger partial charge in [0.2, 0.25) is 0 Å². The Kier molecular flexibility index (Phi) is 6.97. The first-order valence-electron chi connectivity index (χ1n) is 15.5. The summed E-state index contributed by atoms with van der Waals surface area (Å²) >= 11 is 0. The minimum atomic E-state index is 0.258. The fourth-order valence-corrected chi connectivity index (χ4v) is 6.73. The maximum Gasteiger partial charge on any atom is 0.0629 e. The van der Waals surface area contributed by atoms with Crippen LogP contribution >= 0.6 is 0 Å². The van der Waals surface area contributed by atoms with E-state index in [1.54, 1.807) is 0 Å². The molecule has 8 rings (SSSR count). The molecule has 0 fully saturated rings. The van der Waals surface area contributed by atoms with Gasteiger partial charge in [-0.2, -0.15) is 0 Å². The Morgan fingerprint density at radius 1 is 0.400 bits per heavy atom. The highest BCUT2D eigenvalue weighted by Gasteiger charge is 2.37. The second kappa shape index (κ2) is 11.7. The first-order chi connectivity index (χ1) is 22.3. The van der Waals surface area contributed by atoms with Gasteiger partial charge in [-0.3, -0.25) is 0 Å². The van der Waals surface area contributed by atoms with E-state index in [0.29, 0.717) is 0 Å². The molecule has 0 spiro atoms. The molecule has 0 saturated heterocycles. The summed E-state index contributed by atoms with van der Waals surface area (Å²) in [5, 5.41) is 0. The van der Waals surface area contributed by atoms with Gasteiger partial charge < -0.3 is 14.7 Å². The summed E-state index contributed by atoms with van der Waals surface area (Å²) in [4.78, 5) is 7.14. The zero-order valence-corrected chi connectivity index (χ0v) is 24.9. The molecule has 6 aromatic carbocycles. The fourth-order valence-electron chi connectivity index (χ4n) is 6.73. The first-order valence-corrected chi connectivity index (χ1v) is 15.5. The predicted molar refractivity (Wildman–Crippen MR) is 189 cm³/mol. The Hall–Kier alpha value is -5.80. The largest absolute Gasteiger partial charge is 0.333 e. The summed E-state index contributed by atoms with van der Waals surface area (Å²) in [6.07, 6.45) is 9.04. The van der Waals surface area contributed by atoms with E-state index >= 15 is 0 Å². The second-order valence-corrected chi connectivity index (χ2v) is 11.4. The summed E-state index contributed by atoms with van der Waals surface area (Å²) in [7, 11) is 0. The number of allylic oxidation sites excluding steroid dienone is 2. The third-order valence-electron chi connectivity index (χ3n) is 8.74. The highest BCUT2D eigenvalue weighted by atomic mass is 15.2. The molecule has 0 radical (unpaired) electrons. The molecule has 2 aliphatic rings. The fraction of sp³-hybridized carbons (Fsp3) is 0.0476. The molecule has 0 N–H and O–H groups in total. The van der Waals surface area contributed by atoms with Gasteiger partial charge in [-0.05, 0) is 96.6 Å². The molecule has 1 aliphatic carbocycles. The summed E-state index contributed by atoms with van der Waals surface area (Å²) in [5.41, 5.74) is 10.6. The molecule has 6 aromatic rings. The third kappa shape index (κ3) is 4.99. The van der Waals surface area contributed by atoms with Gasteiger partial charge in [-0.15, -0.1) is 0 Å². The van der Waals surface area contributed by atoms with Crippen LogP contribution in [-0.4, -0.2) is 6.04 Å². The van der Waals surface area contributed by atoms with Gasteiger partial charge in [-0.25, -0.2) is 0 Å². The number of hydrogen-bond acceptors (Lipinski definition) is 3. The number of anilines is 8. The topological polar surface area (TPSA) is 9.72 Å². The standard InChI is InChI=1S/C42H33N3/c1-5-15-32(16-6-1)43(33-17-7-2-8-18-33)36-25-27-37(28-26-36)44(34-19-9-3-10-20-34)38-29-30-42-40(31-38)39-23-13-14-24-41(39)45(42)35-21-11-4-12-22-35/h1-31,39,41H. The van der Waals surface area contributed by atoms with Crippen LogP contribution in [0.15, 0.2) is 188 Å². The predicted octanol–water partition coefficient (Wildman–Crippen LogP) is 11.4. The van der Waals surface area contributed by atoms with Crippen LogP contribution in [0.2, 0.25) is 0 Å². The SMILES string of the molecule is C1=CC2c3cc(N(c4ccccc4)c4ccc(N(c5ccccc5)c5ccccc5)cc4)ccc3N(c3ccccc3)C2C=C1. The molecule has 2 unspecified atom stereocenters. The number of hydrogen-bond donors (Lipinski definition) is 0. The first kappa shape index (κ1) is 26.8. The minimum absolute atomic E-state index is 0.258. The molecule has 45 heavy (non-hydrogen) atoms. The van der Waals surface area contributed by atoms with Crippen molar-refractivity contribution in [1.29, 1.82) is 0 Å². The average molecular weight is 580 g/mol. The van der Waals surface area contributed by atoms with Crippen molar-refractivity contribution in [1.82, 2.24) is 0 Å². The second-order valence-electron chi connectivity index (χ2n) is 11.4. The van der Waals surface area contributed by atoms with E-state index in [2.05, 4.69) is 203 Å². The van der Waals surface area contributed by atoms with E-state index in [1.807, 2.05) is 0 Å². The van der Waals surface area contributed by atoms with Crippen molar-refractivity contribution in [2.45, 2.75) is 12.0 Å². The summed E-state index contributed by atoms with van der Waals surface area (Å²) < 4.78 is 0. The maximum absolute atomic E-state index is 2.48. The van der Waals surface area contributed by atoms with Crippen molar-refractivity contribution in [3.8, 4) is 0 Å². The van der Waals surface area contributed by atoms with Crippen LogP contribution in [0.1, 0.15) is 11.5 Å². The van der Waals surface area contributed by atoms with Crippen molar-refractivity contribution >= 4 is 45.5 Å². The van der Waals surface area contributed by atoms with Crippen molar-refractivity contribution < 1.29 is 0 Å². The van der Waals surface area contributed by atoms with Crippen LogP contribution in [-0.2, 0) is 0 Å². The third-order valence-corrected chi connectivity index (χ3v) is 8.74. The van der Waals surface area contributed by atoms with Crippen molar-refractivity contribution in [2.24, 2.45) is 0 Å². The van der Waals surface area contributed by atoms with Crippen molar-refractivity contribution in [2.75, 3.05) is 14.7 Å². The van der Waals surface area contributed by atoms with Gasteiger partial charge >= 0.3 is 0 Å². The highest BCUT2D eigenvalue weighted by Crippen LogP contribution is 2.50. The van der Waals surface area contributed by atoms with Crippen molar-refractivity contribution in [3.05, 3.63) is 194 Å². The molecule has 0 aromatic heterocycles. The lowest BCUT2D eigenvalue weighted by atomic mass is 9.91. The Morgan fingerprint density at radius 2 is 0.822 bits per heavy atom. The number of nitrogens with zero attached hydrogens (tertiary/aromatic N) is 3. The molecule has 1 aliphatic heterocycles. The molecule has 216 valence electrons. The van der Waals surface area contributed by atoms with E-state index in [-0.39, 0.29) is 12.0 Å². The Balaban J connectivity index is 1.21. The summed E-state index contributed by atoms with van der Waals surface area (Å²) in [6, 6.07) is 58.6. The molecule has 3 nitrogen and oxygen atoms in total. The van der Waals surface area contributed by atoms with E-state index in [9.17, 15) is 0 Å². The van der Waals surface area contributed by atoms with E-state index in [1.165, 1.54) is 16.9 Å². The molecule has 0 bridgehead atoms. The van der Waals surface area contributed by atoms with Gasteiger partial charge in [0.1, 0.15) is 0 Å². The van der Waals surface area contributed by atoms with E-state index in [0.717, 1.165) is 34.1 Å². The van der Waals surface area contributed by atoms with Gasteiger partial charge in [-0.1, -0.05) is 97.1 Å². The van der Waals surface area contributed by atoms with Crippen LogP contribution in [0.25, 0.3) is 0 Å². The van der Waals surface area contributed by atoms with Crippen molar-refractivity contribution in [3.63, 3.8) is 0 Å². The van der Waals surface area contributed by atoms with Crippen LogP contribution < -0.4 is 14.7 Å². The minimum Gasteiger partial charge on any atom is -0.333 e. The monoisotopic (exact) mass is 579 g/mol. The van der Waals surface area contributed by atoms with Gasteiger partial charge in [0.15, 0.2) is 0 Å². The zero-order valence-electron chi connectivity index (χ0n) is 24.9. The lowest BCUT2D eigenvalue weighted by Gasteiger charge is -2.29. The number of rotatable bonds is 7. The Bertz CT molecular complexity index is 1910. The van der Waals surface area contributed by atoms with Crippen LogP contribution in [0.4, 0.5) is 45.5 Å². The molecule has 1 heterocycles. The molecular weight excluding hydrogens is 546 g/mol. The number of benzene rings is 6. The van der Waals surface area contributed by atoms with Crippen LogP contribution in [0.3, 0.4) is 0 Å². The van der Waals surface area contributed by atoms with Gasteiger partial charge in [0.25, 0.3) is 0 Å². The number of fused-ring (bicyclic) bond motifs is 3. The highest BCUT2D eigenvalue weighted by molar-refractivity contribution is 5.84. The van der Waals surface area contributed by atoms with Gasteiger partial charge in [0.05, 0.1) is 6.04 Å². The van der Waals surface area contributed by atoms with Crippen LogP contribution in [0, 0.1) is 0 Å². The quantitative estimate of drug-likeness (QED) is 0.186. The number of para-hydroxylation sites is 4. The zero-order chi connectivity index (χ0) is 30.0. The van der Waals surface area contributed by atoms with Crippen LogP contribution in [0.5, 0.6) is 0 Å². The van der Waals surface area contributed by atoms with Gasteiger partial charge in [0, 0.05) is 51.4 Å². The Morgan fingerprint density at radius 3 is 1.36 bits per heavy atom. The summed E-state index contributed by atoms with van der Waals surface area (Å²) in [5.74, 6) is 0.287. The normalized spacial score (nSPS) is 16.2. The molecule has 2 atom stereocenters. The molecule has 0 amide bonds.